The Morgan fingerprint density at radius 3 is 2.52 bits per heavy atom. The summed E-state index contributed by atoms with van der Waals surface area (Å²) in [5.74, 6) is -0.199. The van der Waals surface area contributed by atoms with Crippen LogP contribution in [0, 0.1) is 6.92 Å². The molecule has 0 aliphatic carbocycles. The normalized spacial score (nSPS) is 11.4. The zero-order chi connectivity index (χ0) is 19.8. The first-order chi connectivity index (χ1) is 12.7. The first kappa shape index (κ1) is 18.9. The maximum absolute atomic E-state index is 11.6. The van der Waals surface area contributed by atoms with Gasteiger partial charge in [-0.05, 0) is 31.2 Å². The Morgan fingerprint density at radius 2 is 1.89 bits per heavy atom. The maximum Gasteiger partial charge on any atom is 0.339 e. The van der Waals surface area contributed by atoms with Gasteiger partial charge in [-0.25, -0.2) is 14.5 Å². The Labute approximate surface area is 162 Å². The van der Waals surface area contributed by atoms with Gasteiger partial charge in [-0.2, -0.15) is 5.10 Å². The van der Waals surface area contributed by atoms with Crippen LogP contribution in [0.2, 0.25) is 5.02 Å². The van der Waals surface area contributed by atoms with Gasteiger partial charge in [-0.1, -0.05) is 44.5 Å². The third-order valence-corrected chi connectivity index (χ3v) is 4.39. The highest BCUT2D eigenvalue weighted by Gasteiger charge is 2.22. The minimum Gasteiger partial charge on any atom is -0.478 e. The molecule has 27 heavy (non-hydrogen) atoms. The Bertz CT molecular complexity index is 1010. The zero-order valence-electron chi connectivity index (χ0n) is 15.6. The number of nitrogens with one attached hydrogen (secondary N) is 1. The fourth-order valence-corrected chi connectivity index (χ4v) is 2.81. The largest absolute Gasteiger partial charge is 0.478 e. The van der Waals surface area contributed by atoms with Crippen LogP contribution in [-0.4, -0.2) is 25.8 Å². The molecular formula is C20H21ClN4O2. The Morgan fingerprint density at radius 1 is 1.19 bits per heavy atom. The topological polar surface area (TPSA) is 80.0 Å². The number of carboxylic acid groups (broad SMARTS) is 1. The van der Waals surface area contributed by atoms with Crippen molar-refractivity contribution in [3.8, 4) is 5.69 Å². The fraction of sp³-hybridized carbons (Fsp3) is 0.250. The number of hydrogen-bond acceptors (Lipinski definition) is 4. The number of para-hydroxylation sites is 1. The van der Waals surface area contributed by atoms with E-state index in [0.29, 0.717) is 22.2 Å². The van der Waals surface area contributed by atoms with Gasteiger partial charge < -0.3 is 10.4 Å². The van der Waals surface area contributed by atoms with Gasteiger partial charge in [0, 0.05) is 17.2 Å². The number of aromatic nitrogens is 3. The van der Waals surface area contributed by atoms with E-state index in [0.717, 1.165) is 5.69 Å². The second-order valence-electron chi connectivity index (χ2n) is 7.31. The van der Waals surface area contributed by atoms with E-state index >= 15 is 0 Å². The van der Waals surface area contributed by atoms with E-state index in [4.69, 9.17) is 16.7 Å². The van der Waals surface area contributed by atoms with Crippen LogP contribution in [0.25, 0.3) is 5.69 Å². The van der Waals surface area contributed by atoms with Crippen molar-refractivity contribution in [2.45, 2.75) is 33.1 Å². The van der Waals surface area contributed by atoms with Crippen LogP contribution in [0.15, 0.2) is 42.5 Å². The first-order valence-corrected chi connectivity index (χ1v) is 8.88. The number of carbonyl (C=O) groups is 1. The molecule has 2 heterocycles. The molecule has 3 rings (SSSR count). The SMILES string of the molecule is Cc1ccc(C(=O)O)c(Nc2cc(C(C)(C)C)nn2-c2ccccc2Cl)n1. The summed E-state index contributed by atoms with van der Waals surface area (Å²) in [6.07, 6.45) is 0. The van der Waals surface area contributed by atoms with Crippen LogP contribution in [0.1, 0.15) is 42.5 Å². The van der Waals surface area contributed by atoms with Crippen LogP contribution >= 0.6 is 11.6 Å². The molecule has 0 atom stereocenters. The van der Waals surface area contributed by atoms with Crippen LogP contribution < -0.4 is 5.32 Å². The molecule has 0 spiro atoms. The molecule has 0 unspecified atom stereocenters. The standard InChI is InChI=1S/C20H21ClN4O2/c1-12-9-10-13(19(26)27)18(22-12)23-17-11-16(20(2,3)4)24-25(17)15-8-6-5-7-14(15)21/h5-11H,1-4H3,(H,22,23)(H,26,27). The van der Waals surface area contributed by atoms with Crippen LogP contribution in [0.4, 0.5) is 11.6 Å². The molecule has 0 bridgehead atoms. The van der Waals surface area contributed by atoms with E-state index in [-0.39, 0.29) is 16.8 Å². The van der Waals surface area contributed by atoms with Gasteiger partial charge in [0.25, 0.3) is 0 Å². The van der Waals surface area contributed by atoms with Crippen molar-refractivity contribution >= 4 is 29.2 Å². The summed E-state index contributed by atoms with van der Waals surface area (Å²) in [6.45, 7) is 7.99. The molecule has 1 aromatic carbocycles. The van der Waals surface area contributed by atoms with Crippen LogP contribution in [0.3, 0.4) is 0 Å². The first-order valence-electron chi connectivity index (χ1n) is 8.50. The number of aromatic carboxylic acids is 1. The van der Waals surface area contributed by atoms with E-state index in [1.54, 1.807) is 16.8 Å². The highest BCUT2D eigenvalue weighted by atomic mass is 35.5. The molecule has 0 saturated heterocycles. The fourth-order valence-electron chi connectivity index (χ4n) is 2.59. The molecule has 140 valence electrons. The van der Waals surface area contributed by atoms with E-state index < -0.39 is 5.97 Å². The number of hydrogen-bond donors (Lipinski definition) is 2. The van der Waals surface area contributed by atoms with Crippen molar-refractivity contribution in [3.63, 3.8) is 0 Å². The lowest BCUT2D eigenvalue weighted by atomic mass is 9.92. The van der Waals surface area contributed by atoms with Crippen molar-refractivity contribution in [1.29, 1.82) is 0 Å². The molecule has 0 radical (unpaired) electrons. The molecule has 0 aliphatic rings. The smallest absolute Gasteiger partial charge is 0.339 e. The lowest BCUT2D eigenvalue weighted by Gasteiger charge is -2.14. The number of aryl methyl sites for hydroxylation is 1. The predicted molar refractivity (Wildman–Crippen MR) is 106 cm³/mol. The average Bonchev–Trinajstić information content (AvgIpc) is 2.99. The maximum atomic E-state index is 11.6. The van der Waals surface area contributed by atoms with Crippen molar-refractivity contribution in [1.82, 2.24) is 14.8 Å². The number of pyridine rings is 1. The van der Waals surface area contributed by atoms with Gasteiger partial charge >= 0.3 is 5.97 Å². The summed E-state index contributed by atoms with van der Waals surface area (Å²) in [7, 11) is 0. The molecule has 0 aliphatic heterocycles. The van der Waals surface area contributed by atoms with Crippen LogP contribution in [-0.2, 0) is 5.41 Å². The summed E-state index contributed by atoms with van der Waals surface area (Å²) in [5, 5.41) is 17.8. The average molecular weight is 385 g/mol. The molecule has 2 aromatic heterocycles. The van der Waals surface area contributed by atoms with Gasteiger partial charge in [-0.3, -0.25) is 0 Å². The second-order valence-corrected chi connectivity index (χ2v) is 7.71. The van der Waals surface area contributed by atoms with E-state index in [1.165, 1.54) is 6.07 Å². The van der Waals surface area contributed by atoms with Gasteiger partial charge in [0.15, 0.2) is 0 Å². The van der Waals surface area contributed by atoms with E-state index in [2.05, 4.69) is 31.1 Å². The number of benzene rings is 1. The lowest BCUT2D eigenvalue weighted by molar-refractivity contribution is 0.0697. The third kappa shape index (κ3) is 3.95. The van der Waals surface area contributed by atoms with Crippen molar-refractivity contribution in [3.05, 3.63) is 64.4 Å². The van der Waals surface area contributed by atoms with Gasteiger partial charge in [0.2, 0.25) is 0 Å². The highest BCUT2D eigenvalue weighted by Crippen LogP contribution is 2.31. The van der Waals surface area contributed by atoms with Crippen molar-refractivity contribution in [2.24, 2.45) is 0 Å². The van der Waals surface area contributed by atoms with Crippen molar-refractivity contribution in [2.75, 3.05) is 5.32 Å². The summed E-state index contributed by atoms with van der Waals surface area (Å²) in [5.41, 5.74) is 2.14. The molecule has 2 N–H and O–H groups in total. The zero-order valence-corrected chi connectivity index (χ0v) is 16.4. The molecule has 7 heteroatoms. The molecule has 0 saturated carbocycles. The molecule has 0 fully saturated rings. The molecule has 3 aromatic rings. The van der Waals surface area contributed by atoms with Gasteiger partial charge in [0.1, 0.15) is 17.2 Å². The Kier molecular flexibility index (Phi) is 4.93. The predicted octanol–water partition coefficient (Wildman–Crippen LogP) is 4.97. The van der Waals surface area contributed by atoms with Gasteiger partial charge in [0.05, 0.1) is 16.4 Å². The minimum absolute atomic E-state index is 0.0878. The quantitative estimate of drug-likeness (QED) is 0.663. The summed E-state index contributed by atoms with van der Waals surface area (Å²) in [6, 6.07) is 12.4. The minimum atomic E-state index is -1.05. The van der Waals surface area contributed by atoms with Crippen molar-refractivity contribution < 1.29 is 9.90 Å². The number of halogens is 1. The number of anilines is 2. The van der Waals surface area contributed by atoms with E-state index in [9.17, 15) is 9.90 Å². The Balaban J connectivity index is 2.16. The van der Waals surface area contributed by atoms with E-state index in [1.807, 2.05) is 31.2 Å². The monoisotopic (exact) mass is 384 g/mol. The summed E-state index contributed by atoms with van der Waals surface area (Å²) >= 11 is 6.37. The number of nitrogens with zero attached hydrogens (tertiary/aromatic N) is 3. The summed E-state index contributed by atoms with van der Waals surface area (Å²) < 4.78 is 1.68. The van der Waals surface area contributed by atoms with Gasteiger partial charge in [-0.15, -0.1) is 0 Å². The summed E-state index contributed by atoms with van der Waals surface area (Å²) in [4.78, 5) is 15.9. The lowest BCUT2D eigenvalue weighted by Crippen LogP contribution is -2.12. The third-order valence-electron chi connectivity index (χ3n) is 4.07. The highest BCUT2D eigenvalue weighted by molar-refractivity contribution is 6.32. The van der Waals surface area contributed by atoms with Crippen LogP contribution in [0.5, 0.6) is 0 Å². The molecular weight excluding hydrogens is 364 g/mol. The molecule has 6 nitrogen and oxygen atoms in total. The number of rotatable bonds is 4. The molecule has 0 amide bonds. The Hall–Kier alpha value is -2.86. The second kappa shape index (κ2) is 7.04. The number of carboxylic acids is 1.